The summed E-state index contributed by atoms with van der Waals surface area (Å²) in [6.45, 7) is 0. The largest absolute Gasteiger partial charge is 0.477 e. The van der Waals surface area contributed by atoms with Gasteiger partial charge in [0.2, 0.25) is 0 Å². The summed E-state index contributed by atoms with van der Waals surface area (Å²) in [5, 5.41) is -0.0755. The molecule has 0 aliphatic carbocycles. The fourth-order valence-electron chi connectivity index (χ4n) is 2.26. The van der Waals surface area contributed by atoms with Crippen LogP contribution in [-0.2, 0) is 0 Å². The van der Waals surface area contributed by atoms with Gasteiger partial charge in [0.1, 0.15) is 0 Å². The van der Waals surface area contributed by atoms with E-state index >= 15 is 0 Å². The second-order valence-corrected chi connectivity index (χ2v) is 6.85. The minimum absolute atomic E-state index is 0.0755. The Bertz CT molecular complexity index is 739. The third kappa shape index (κ3) is 2.83. The molecule has 22 heavy (non-hydrogen) atoms. The molecule has 1 aliphatic heterocycles. The predicted octanol–water partition coefficient (Wildman–Crippen LogP) is 3.68. The van der Waals surface area contributed by atoms with Gasteiger partial charge in [0, 0.05) is 21.4 Å². The van der Waals surface area contributed by atoms with Gasteiger partial charge in [0.25, 0.3) is 11.8 Å². The van der Waals surface area contributed by atoms with Crippen molar-refractivity contribution < 1.29 is 14.3 Å². The number of halogens is 1. The van der Waals surface area contributed by atoms with Crippen LogP contribution in [0.25, 0.3) is 0 Å². The van der Waals surface area contributed by atoms with Crippen LogP contribution < -0.4 is 9.47 Å². The molecule has 0 fully saturated rings. The predicted molar refractivity (Wildman–Crippen MR) is 86.8 cm³/mol. The first-order chi connectivity index (χ1) is 10.6. The van der Waals surface area contributed by atoms with E-state index in [4.69, 9.17) is 9.47 Å². The van der Waals surface area contributed by atoms with Gasteiger partial charge >= 0.3 is 0 Å². The average molecular weight is 381 g/mol. The summed E-state index contributed by atoms with van der Waals surface area (Å²) >= 11 is 5.01. The minimum Gasteiger partial charge on any atom is -0.477 e. The fourth-order valence-corrected chi connectivity index (χ4v) is 3.85. The summed E-state index contributed by atoms with van der Waals surface area (Å²) in [7, 11) is 3.03. The number of carbonyl (C=O) groups excluding carboxylic acids is 1. The van der Waals surface area contributed by atoms with Crippen molar-refractivity contribution in [1.82, 2.24) is 9.97 Å². The highest BCUT2D eigenvalue weighted by Gasteiger charge is 2.29. The number of fused-ring (bicyclic) bond motifs is 1. The highest BCUT2D eigenvalue weighted by atomic mass is 79.9. The summed E-state index contributed by atoms with van der Waals surface area (Å²) in [6, 6.07) is 5.74. The average Bonchev–Trinajstić information content (AvgIpc) is 2.54. The number of ketones is 1. The van der Waals surface area contributed by atoms with E-state index in [1.807, 2.05) is 18.2 Å². The Kier molecular flexibility index (Phi) is 4.35. The van der Waals surface area contributed by atoms with Crippen molar-refractivity contribution in [3.63, 3.8) is 0 Å². The monoisotopic (exact) mass is 380 g/mol. The summed E-state index contributed by atoms with van der Waals surface area (Å²) in [6.07, 6.45) is 2.02. The quantitative estimate of drug-likeness (QED) is 0.809. The van der Waals surface area contributed by atoms with Crippen LogP contribution in [0.1, 0.15) is 27.7 Å². The first-order valence-corrected chi connectivity index (χ1v) is 8.24. The van der Waals surface area contributed by atoms with Gasteiger partial charge in [-0.2, -0.15) is 0 Å². The second-order valence-electron chi connectivity index (χ2n) is 4.69. The molecular weight excluding hydrogens is 368 g/mol. The molecular formula is C15H13BrN2O3S. The molecule has 0 amide bonds. The molecule has 0 N–H and O–H groups in total. The molecule has 5 nitrogen and oxygen atoms in total. The number of ether oxygens (including phenoxy) is 2. The van der Waals surface area contributed by atoms with Crippen molar-refractivity contribution in [2.45, 2.75) is 16.6 Å². The number of hydrogen-bond donors (Lipinski definition) is 0. The van der Waals surface area contributed by atoms with E-state index in [1.165, 1.54) is 14.2 Å². The number of aromatic nitrogens is 2. The van der Waals surface area contributed by atoms with Gasteiger partial charge in [-0.1, -0.05) is 15.9 Å². The fraction of sp³-hybridized carbons (Fsp3) is 0.267. The van der Waals surface area contributed by atoms with Crippen molar-refractivity contribution in [3.05, 3.63) is 40.1 Å². The molecule has 3 rings (SSSR count). The lowest BCUT2D eigenvalue weighted by molar-refractivity contribution is 0.0976. The van der Waals surface area contributed by atoms with Gasteiger partial charge in [-0.3, -0.25) is 4.79 Å². The number of rotatable bonds is 3. The third-order valence-corrected chi connectivity index (χ3v) is 5.12. The van der Waals surface area contributed by atoms with Crippen LogP contribution in [0.3, 0.4) is 0 Å². The lowest BCUT2D eigenvalue weighted by Gasteiger charge is -2.23. The lowest BCUT2D eigenvalue weighted by atomic mass is 10.0. The molecule has 0 saturated carbocycles. The Morgan fingerprint density at radius 1 is 1.27 bits per heavy atom. The smallest absolute Gasteiger partial charge is 0.278 e. The van der Waals surface area contributed by atoms with Crippen molar-refractivity contribution in [2.75, 3.05) is 14.2 Å². The third-order valence-electron chi connectivity index (χ3n) is 3.33. The molecule has 1 aliphatic rings. The summed E-state index contributed by atoms with van der Waals surface area (Å²) in [4.78, 5) is 21.9. The van der Waals surface area contributed by atoms with E-state index in [9.17, 15) is 4.79 Å². The van der Waals surface area contributed by atoms with E-state index in [0.29, 0.717) is 23.9 Å². The molecule has 1 aromatic carbocycles. The molecule has 0 radical (unpaired) electrons. The molecule has 0 spiro atoms. The van der Waals surface area contributed by atoms with Crippen LogP contribution in [0, 0.1) is 0 Å². The van der Waals surface area contributed by atoms with E-state index in [0.717, 1.165) is 14.9 Å². The summed E-state index contributed by atoms with van der Waals surface area (Å²) in [5.74, 6) is 0.772. The van der Waals surface area contributed by atoms with Crippen LogP contribution in [0.2, 0.25) is 0 Å². The number of benzene rings is 1. The van der Waals surface area contributed by atoms with Crippen LogP contribution in [0.4, 0.5) is 0 Å². The van der Waals surface area contributed by atoms with Gasteiger partial charge in [0.05, 0.1) is 31.4 Å². The van der Waals surface area contributed by atoms with E-state index in [-0.39, 0.29) is 11.0 Å². The van der Waals surface area contributed by atoms with Crippen LogP contribution >= 0.6 is 27.7 Å². The SMILES string of the molecule is COc1ncc(C2CC(=O)c3cc(Br)ccc3S2)nc1OC. The molecule has 1 unspecified atom stereocenters. The number of carbonyl (C=O) groups is 1. The first kappa shape index (κ1) is 15.3. The Labute approximate surface area is 140 Å². The second kappa shape index (κ2) is 6.26. The normalized spacial score (nSPS) is 17.0. The van der Waals surface area contributed by atoms with E-state index in [2.05, 4.69) is 25.9 Å². The zero-order valence-corrected chi connectivity index (χ0v) is 14.4. The summed E-state index contributed by atoms with van der Waals surface area (Å²) < 4.78 is 11.2. The molecule has 0 bridgehead atoms. The maximum absolute atomic E-state index is 12.4. The highest BCUT2D eigenvalue weighted by molar-refractivity contribution is 9.10. The molecule has 1 aromatic heterocycles. The van der Waals surface area contributed by atoms with Crippen LogP contribution in [0.15, 0.2) is 33.8 Å². The van der Waals surface area contributed by atoms with Crippen molar-refractivity contribution >= 4 is 33.5 Å². The van der Waals surface area contributed by atoms with Gasteiger partial charge in [-0.15, -0.1) is 11.8 Å². The number of nitrogens with zero attached hydrogens (tertiary/aromatic N) is 2. The number of Topliss-reactive ketones (excluding diaryl/α,β-unsaturated/α-hetero) is 1. The highest BCUT2D eigenvalue weighted by Crippen LogP contribution is 2.45. The molecule has 1 atom stereocenters. The number of methoxy groups -OCH3 is 2. The van der Waals surface area contributed by atoms with Gasteiger partial charge < -0.3 is 9.47 Å². The van der Waals surface area contributed by atoms with E-state index in [1.54, 1.807) is 18.0 Å². The number of thioether (sulfide) groups is 1. The minimum atomic E-state index is -0.0755. The number of hydrogen-bond acceptors (Lipinski definition) is 6. The van der Waals surface area contributed by atoms with Crippen molar-refractivity contribution in [1.29, 1.82) is 0 Å². The molecule has 2 heterocycles. The lowest BCUT2D eigenvalue weighted by Crippen LogP contribution is -2.14. The van der Waals surface area contributed by atoms with Crippen LogP contribution in [-0.4, -0.2) is 30.0 Å². The van der Waals surface area contributed by atoms with E-state index < -0.39 is 0 Å². The molecule has 2 aromatic rings. The van der Waals surface area contributed by atoms with Crippen LogP contribution in [0.5, 0.6) is 11.8 Å². The molecule has 0 saturated heterocycles. The standard InChI is InChI=1S/C15H13BrN2O3S/c1-20-14-15(21-2)18-10(7-17-14)13-6-11(19)9-5-8(16)3-4-12(9)22-13/h3-5,7,13H,6H2,1-2H3. The van der Waals surface area contributed by atoms with Crippen molar-refractivity contribution in [3.8, 4) is 11.8 Å². The Morgan fingerprint density at radius 2 is 2.05 bits per heavy atom. The topological polar surface area (TPSA) is 61.3 Å². The summed E-state index contributed by atoms with van der Waals surface area (Å²) in [5.41, 5.74) is 1.47. The zero-order valence-electron chi connectivity index (χ0n) is 12.0. The van der Waals surface area contributed by atoms with Gasteiger partial charge in [0.15, 0.2) is 5.78 Å². The van der Waals surface area contributed by atoms with Gasteiger partial charge in [-0.25, -0.2) is 9.97 Å². The molecule has 7 heteroatoms. The zero-order chi connectivity index (χ0) is 15.7. The van der Waals surface area contributed by atoms with Crippen molar-refractivity contribution in [2.24, 2.45) is 0 Å². The first-order valence-electron chi connectivity index (χ1n) is 6.56. The maximum Gasteiger partial charge on any atom is 0.278 e. The Morgan fingerprint density at radius 3 is 2.77 bits per heavy atom. The molecule has 114 valence electrons. The Balaban J connectivity index is 1.94. The van der Waals surface area contributed by atoms with Gasteiger partial charge in [-0.05, 0) is 18.2 Å². The Hall–Kier alpha value is -1.60. The maximum atomic E-state index is 12.4.